The lowest BCUT2D eigenvalue weighted by Gasteiger charge is -2.18. The molecular weight excluding hydrogens is 301 g/mol. The van der Waals surface area contributed by atoms with Crippen molar-refractivity contribution in [3.63, 3.8) is 0 Å². The Morgan fingerprint density at radius 2 is 1.84 bits per heavy atom. The average molecular weight is 316 g/mol. The summed E-state index contributed by atoms with van der Waals surface area (Å²) in [6, 6.07) is 8.01. The summed E-state index contributed by atoms with van der Waals surface area (Å²) >= 11 is 13.0. The first kappa shape index (κ1) is 14.6. The van der Waals surface area contributed by atoms with E-state index in [9.17, 15) is 0 Å². The standard InChI is InChI=1S/C14H15Cl2NOS/c1-14(2,3)9-4-6-10(7-5-9)18-13-17-12(16)11(8-15)19-13/h4-7H,8H2,1-3H3. The molecule has 19 heavy (non-hydrogen) atoms. The fraction of sp³-hybridized carbons (Fsp3) is 0.357. The number of thiazole rings is 1. The lowest BCUT2D eigenvalue weighted by molar-refractivity contribution is 0.478. The molecule has 0 bridgehead atoms. The number of nitrogens with zero attached hydrogens (tertiary/aromatic N) is 1. The van der Waals surface area contributed by atoms with Crippen LogP contribution in [0.1, 0.15) is 31.2 Å². The van der Waals surface area contributed by atoms with Crippen molar-refractivity contribution in [1.82, 2.24) is 4.98 Å². The number of aromatic nitrogens is 1. The molecule has 0 aliphatic heterocycles. The Morgan fingerprint density at radius 1 is 1.21 bits per heavy atom. The van der Waals surface area contributed by atoms with Gasteiger partial charge in [-0.1, -0.05) is 55.8 Å². The number of hydrogen-bond acceptors (Lipinski definition) is 3. The molecule has 5 heteroatoms. The monoisotopic (exact) mass is 315 g/mol. The van der Waals surface area contributed by atoms with Gasteiger partial charge in [0.25, 0.3) is 5.19 Å². The SMILES string of the molecule is CC(C)(C)c1ccc(Oc2nc(Cl)c(CCl)s2)cc1. The summed E-state index contributed by atoms with van der Waals surface area (Å²) in [5.41, 5.74) is 1.40. The van der Waals surface area contributed by atoms with Gasteiger partial charge in [0, 0.05) is 0 Å². The van der Waals surface area contributed by atoms with Gasteiger partial charge in [-0.05, 0) is 23.1 Å². The van der Waals surface area contributed by atoms with Gasteiger partial charge in [0.1, 0.15) is 10.9 Å². The van der Waals surface area contributed by atoms with E-state index in [0.717, 1.165) is 10.6 Å². The van der Waals surface area contributed by atoms with E-state index in [4.69, 9.17) is 27.9 Å². The number of hydrogen-bond donors (Lipinski definition) is 0. The third-order valence-electron chi connectivity index (χ3n) is 2.68. The lowest BCUT2D eigenvalue weighted by atomic mass is 9.87. The Bertz CT molecular complexity index is 558. The first-order chi connectivity index (χ1) is 8.90. The van der Waals surface area contributed by atoms with Gasteiger partial charge in [0.15, 0.2) is 0 Å². The molecule has 0 N–H and O–H groups in total. The highest BCUT2D eigenvalue weighted by molar-refractivity contribution is 7.14. The number of ether oxygens (including phenoxy) is 1. The largest absolute Gasteiger partial charge is 0.431 e. The topological polar surface area (TPSA) is 22.1 Å². The van der Waals surface area contributed by atoms with E-state index < -0.39 is 0 Å². The summed E-state index contributed by atoms with van der Waals surface area (Å²) in [6.07, 6.45) is 0. The molecule has 0 saturated carbocycles. The zero-order valence-electron chi connectivity index (χ0n) is 11.0. The van der Waals surface area contributed by atoms with E-state index in [1.165, 1.54) is 16.9 Å². The van der Waals surface area contributed by atoms with E-state index in [-0.39, 0.29) is 5.41 Å². The zero-order chi connectivity index (χ0) is 14.0. The van der Waals surface area contributed by atoms with Crippen LogP contribution in [0.4, 0.5) is 0 Å². The van der Waals surface area contributed by atoms with Crippen molar-refractivity contribution in [2.24, 2.45) is 0 Å². The Kier molecular flexibility index (Phi) is 4.39. The number of halogens is 2. The maximum Gasteiger partial charge on any atom is 0.280 e. The van der Waals surface area contributed by atoms with E-state index in [1.807, 2.05) is 12.1 Å². The van der Waals surface area contributed by atoms with Crippen LogP contribution in [0.15, 0.2) is 24.3 Å². The van der Waals surface area contributed by atoms with Crippen LogP contribution in [-0.4, -0.2) is 4.98 Å². The van der Waals surface area contributed by atoms with Gasteiger partial charge >= 0.3 is 0 Å². The molecule has 0 fully saturated rings. The van der Waals surface area contributed by atoms with Crippen LogP contribution >= 0.6 is 34.5 Å². The highest BCUT2D eigenvalue weighted by atomic mass is 35.5. The van der Waals surface area contributed by atoms with Crippen molar-refractivity contribution in [3.05, 3.63) is 39.9 Å². The molecule has 0 radical (unpaired) electrons. The fourth-order valence-corrected chi connectivity index (χ4v) is 2.90. The number of alkyl halides is 1. The zero-order valence-corrected chi connectivity index (χ0v) is 13.4. The van der Waals surface area contributed by atoms with Gasteiger partial charge in [-0.3, -0.25) is 0 Å². The molecule has 1 aromatic carbocycles. The molecule has 0 atom stereocenters. The molecule has 0 aliphatic carbocycles. The molecule has 2 aromatic rings. The minimum absolute atomic E-state index is 0.134. The van der Waals surface area contributed by atoms with Crippen molar-refractivity contribution in [2.45, 2.75) is 32.1 Å². The van der Waals surface area contributed by atoms with Crippen molar-refractivity contribution >= 4 is 34.5 Å². The fourth-order valence-electron chi connectivity index (χ4n) is 1.56. The number of benzene rings is 1. The third-order valence-corrected chi connectivity index (χ3v) is 4.46. The highest BCUT2D eigenvalue weighted by Crippen LogP contribution is 2.33. The minimum atomic E-state index is 0.134. The van der Waals surface area contributed by atoms with Crippen LogP contribution in [0.25, 0.3) is 0 Å². The molecule has 2 rings (SSSR count). The van der Waals surface area contributed by atoms with Gasteiger partial charge in [-0.2, -0.15) is 4.98 Å². The number of rotatable bonds is 3. The molecule has 0 amide bonds. The van der Waals surface area contributed by atoms with E-state index in [0.29, 0.717) is 16.2 Å². The molecule has 0 unspecified atom stereocenters. The van der Waals surface area contributed by atoms with Gasteiger partial charge in [-0.25, -0.2) is 0 Å². The normalized spacial score (nSPS) is 11.6. The van der Waals surface area contributed by atoms with Crippen molar-refractivity contribution in [2.75, 3.05) is 0 Å². The molecule has 1 aromatic heterocycles. The summed E-state index contributed by atoms with van der Waals surface area (Å²) < 4.78 is 5.67. The van der Waals surface area contributed by atoms with E-state index in [1.54, 1.807) is 0 Å². The summed E-state index contributed by atoms with van der Waals surface area (Å²) in [5.74, 6) is 1.10. The lowest BCUT2D eigenvalue weighted by Crippen LogP contribution is -2.10. The van der Waals surface area contributed by atoms with Crippen molar-refractivity contribution in [1.29, 1.82) is 0 Å². The summed E-state index contributed by atoms with van der Waals surface area (Å²) in [4.78, 5) is 4.95. The Balaban J connectivity index is 2.15. The molecule has 2 nitrogen and oxygen atoms in total. The van der Waals surface area contributed by atoms with Gasteiger partial charge < -0.3 is 4.74 Å². The van der Waals surface area contributed by atoms with Crippen LogP contribution in [-0.2, 0) is 11.3 Å². The first-order valence-electron chi connectivity index (χ1n) is 5.89. The summed E-state index contributed by atoms with van der Waals surface area (Å²) in [7, 11) is 0. The van der Waals surface area contributed by atoms with Crippen LogP contribution in [0.3, 0.4) is 0 Å². The molecule has 102 valence electrons. The maximum atomic E-state index is 5.93. The smallest absolute Gasteiger partial charge is 0.280 e. The second-order valence-corrected chi connectivity index (χ2v) is 6.88. The average Bonchev–Trinajstić information content (AvgIpc) is 2.69. The highest BCUT2D eigenvalue weighted by Gasteiger charge is 2.14. The predicted molar refractivity (Wildman–Crippen MR) is 81.9 cm³/mol. The molecule has 0 spiro atoms. The third kappa shape index (κ3) is 3.62. The quantitative estimate of drug-likeness (QED) is 0.685. The molecule has 1 heterocycles. The summed E-state index contributed by atoms with van der Waals surface area (Å²) in [6.45, 7) is 6.53. The Labute approximate surface area is 127 Å². The first-order valence-corrected chi connectivity index (χ1v) is 7.62. The van der Waals surface area contributed by atoms with E-state index in [2.05, 4.69) is 37.9 Å². The second kappa shape index (κ2) is 5.70. The van der Waals surface area contributed by atoms with Crippen LogP contribution in [0, 0.1) is 0 Å². The molecule has 0 aliphatic rings. The van der Waals surface area contributed by atoms with Gasteiger partial charge in [0.05, 0.1) is 10.8 Å². The minimum Gasteiger partial charge on any atom is -0.431 e. The van der Waals surface area contributed by atoms with E-state index >= 15 is 0 Å². The second-order valence-electron chi connectivity index (χ2n) is 5.20. The van der Waals surface area contributed by atoms with Crippen LogP contribution in [0.5, 0.6) is 10.9 Å². The predicted octanol–water partition coefficient (Wildman–Crippen LogP) is 5.63. The van der Waals surface area contributed by atoms with Crippen LogP contribution in [0.2, 0.25) is 5.15 Å². The maximum absolute atomic E-state index is 5.93. The Morgan fingerprint density at radius 3 is 2.32 bits per heavy atom. The van der Waals surface area contributed by atoms with Crippen molar-refractivity contribution < 1.29 is 4.74 Å². The Hall–Kier alpha value is -0.770. The van der Waals surface area contributed by atoms with Crippen LogP contribution < -0.4 is 4.74 Å². The van der Waals surface area contributed by atoms with Gasteiger partial charge in [-0.15, -0.1) is 11.6 Å². The van der Waals surface area contributed by atoms with Gasteiger partial charge in [0.2, 0.25) is 0 Å². The summed E-state index contributed by atoms with van der Waals surface area (Å²) in [5, 5.41) is 0.936. The molecular formula is C14H15Cl2NOS. The molecule has 0 saturated heterocycles. The van der Waals surface area contributed by atoms with Crippen molar-refractivity contribution in [3.8, 4) is 10.9 Å².